The molecule has 1 aromatic heterocycles. The largest absolute Gasteiger partial charge is 0.397 e. The molecule has 0 saturated carbocycles. The Kier molecular flexibility index (Phi) is 3.38. The number of thioether (sulfide) groups is 1. The molecule has 94 valence electrons. The first-order chi connectivity index (χ1) is 9.34. The average molecular weight is 266 g/mol. The zero-order chi connectivity index (χ0) is 13.1. The van der Waals surface area contributed by atoms with E-state index in [1.54, 1.807) is 18.0 Å². The van der Waals surface area contributed by atoms with Gasteiger partial charge in [0.2, 0.25) is 0 Å². The van der Waals surface area contributed by atoms with E-state index in [2.05, 4.69) is 41.4 Å². The first-order valence-electron chi connectivity index (χ1n) is 6.13. The van der Waals surface area contributed by atoms with Crippen molar-refractivity contribution < 1.29 is 0 Å². The van der Waals surface area contributed by atoms with E-state index in [1.807, 2.05) is 18.3 Å². The highest BCUT2D eigenvalue weighted by atomic mass is 32.2. The molecular weight excluding hydrogens is 252 g/mol. The summed E-state index contributed by atoms with van der Waals surface area (Å²) in [5.74, 6) is 0.932. The van der Waals surface area contributed by atoms with Crippen molar-refractivity contribution in [2.45, 2.75) is 10.6 Å². The molecule has 3 aromatic rings. The normalized spacial score (nSPS) is 10.7. The van der Waals surface area contributed by atoms with Gasteiger partial charge in [0.25, 0.3) is 0 Å². The van der Waals surface area contributed by atoms with Crippen LogP contribution in [0.3, 0.4) is 0 Å². The monoisotopic (exact) mass is 266 g/mol. The van der Waals surface area contributed by atoms with Crippen molar-refractivity contribution in [3.63, 3.8) is 0 Å². The van der Waals surface area contributed by atoms with Crippen LogP contribution < -0.4 is 5.73 Å². The van der Waals surface area contributed by atoms with Crippen molar-refractivity contribution in [1.29, 1.82) is 0 Å². The number of pyridine rings is 1. The van der Waals surface area contributed by atoms with E-state index >= 15 is 0 Å². The first-order valence-corrected chi connectivity index (χ1v) is 7.12. The molecule has 0 aliphatic heterocycles. The van der Waals surface area contributed by atoms with Gasteiger partial charge in [-0.25, -0.2) is 0 Å². The first kappa shape index (κ1) is 12.1. The van der Waals surface area contributed by atoms with E-state index in [9.17, 15) is 0 Å². The van der Waals surface area contributed by atoms with Crippen LogP contribution in [-0.2, 0) is 5.75 Å². The lowest BCUT2D eigenvalue weighted by molar-refractivity contribution is 1.35. The van der Waals surface area contributed by atoms with Gasteiger partial charge in [-0.05, 0) is 17.7 Å². The van der Waals surface area contributed by atoms with E-state index in [4.69, 9.17) is 5.73 Å². The molecule has 0 atom stereocenters. The Balaban J connectivity index is 1.87. The van der Waals surface area contributed by atoms with Gasteiger partial charge >= 0.3 is 0 Å². The number of fused-ring (bicyclic) bond motifs is 1. The molecule has 0 amide bonds. The van der Waals surface area contributed by atoms with Gasteiger partial charge in [0.05, 0.1) is 5.69 Å². The lowest BCUT2D eigenvalue weighted by Crippen LogP contribution is -1.91. The molecule has 3 rings (SSSR count). The number of hydrogen-bond acceptors (Lipinski definition) is 3. The van der Waals surface area contributed by atoms with Crippen LogP contribution in [0.1, 0.15) is 5.56 Å². The molecule has 0 radical (unpaired) electrons. The zero-order valence-corrected chi connectivity index (χ0v) is 11.2. The van der Waals surface area contributed by atoms with Crippen LogP contribution in [0, 0.1) is 0 Å². The highest BCUT2D eigenvalue weighted by Crippen LogP contribution is 2.33. The highest BCUT2D eigenvalue weighted by molar-refractivity contribution is 7.98. The van der Waals surface area contributed by atoms with Crippen molar-refractivity contribution >= 4 is 28.2 Å². The van der Waals surface area contributed by atoms with E-state index in [0.717, 1.165) is 27.1 Å². The number of anilines is 1. The van der Waals surface area contributed by atoms with Gasteiger partial charge in [0, 0.05) is 33.8 Å². The second-order valence-electron chi connectivity index (χ2n) is 4.35. The van der Waals surface area contributed by atoms with Crippen LogP contribution in [0.2, 0.25) is 0 Å². The van der Waals surface area contributed by atoms with Gasteiger partial charge < -0.3 is 5.73 Å². The third-order valence-electron chi connectivity index (χ3n) is 3.06. The van der Waals surface area contributed by atoms with Gasteiger partial charge in [-0.15, -0.1) is 11.8 Å². The van der Waals surface area contributed by atoms with E-state index in [1.165, 1.54) is 5.56 Å². The fourth-order valence-electron chi connectivity index (χ4n) is 2.03. The Morgan fingerprint density at radius 2 is 1.84 bits per heavy atom. The fourth-order valence-corrected chi connectivity index (χ4v) is 2.98. The molecule has 2 nitrogen and oxygen atoms in total. The van der Waals surface area contributed by atoms with Crippen LogP contribution in [0.5, 0.6) is 0 Å². The maximum absolute atomic E-state index is 6.23. The molecule has 0 bridgehead atoms. The maximum atomic E-state index is 6.23. The Morgan fingerprint density at radius 3 is 2.68 bits per heavy atom. The van der Waals surface area contributed by atoms with Crippen LogP contribution in [0.15, 0.2) is 65.8 Å². The Bertz CT molecular complexity index is 695. The van der Waals surface area contributed by atoms with Crippen LogP contribution >= 0.6 is 11.8 Å². The van der Waals surface area contributed by atoms with Crippen molar-refractivity contribution in [3.8, 4) is 0 Å². The zero-order valence-electron chi connectivity index (χ0n) is 10.4. The molecule has 3 heteroatoms. The third kappa shape index (κ3) is 2.56. The maximum Gasteiger partial charge on any atom is 0.0533 e. The number of hydrogen-bond donors (Lipinski definition) is 1. The summed E-state index contributed by atoms with van der Waals surface area (Å²) in [5, 5.41) is 2.16. The topological polar surface area (TPSA) is 38.9 Å². The number of nitrogens with two attached hydrogens (primary N) is 1. The van der Waals surface area contributed by atoms with Gasteiger partial charge in [-0.2, -0.15) is 0 Å². The molecule has 1 heterocycles. The summed E-state index contributed by atoms with van der Waals surface area (Å²) in [4.78, 5) is 5.24. The van der Waals surface area contributed by atoms with Crippen molar-refractivity contribution in [1.82, 2.24) is 4.98 Å². The summed E-state index contributed by atoms with van der Waals surface area (Å²) >= 11 is 1.77. The van der Waals surface area contributed by atoms with Gasteiger partial charge in [-0.3, -0.25) is 4.98 Å². The second-order valence-corrected chi connectivity index (χ2v) is 5.37. The lowest BCUT2D eigenvalue weighted by atomic mass is 10.1. The summed E-state index contributed by atoms with van der Waals surface area (Å²) in [7, 11) is 0. The quantitative estimate of drug-likeness (QED) is 0.573. The summed E-state index contributed by atoms with van der Waals surface area (Å²) in [6.07, 6.45) is 3.63. The molecule has 2 aromatic carbocycles. The summed E-state index contributed by atoms with van der Waals surface area (Å²) in [6, 6.07) is 16.5. The molecule has 0 spiro atoms. The Hall–Kier alpha value is -2.00. The number of aromatic nitrogens is 1. The third-order valence-corrected chi connectivity index (χ3v) is 4.20. The molecule has 0 aliphatic carbocycles. The number of nitrogens with zero attached hydrogens (tertiary/aromatic N) is 1. The SMILES string of the molecule is Nc1c(SCc2ccccc2)ccc2cnccc12. The van der Waals surface area contributed by atoms with E-state index in [-0.39, 0.29) is 0 Å². The smallest absolute Gasteiger partial charge is 0.0533 e. The molecule has 2 N–H and O–H groups in total. The molecule has 0 aliphatic rings. The van der Waals surface area contributed by atoms with E-state index < -0.39 is 0 Å². The number of rotatable bonds is 3. The fraction of sp³-hybridized carbons (Fsp3) is 0.0625. The molecule has 0 unspecified atom stereocenters. The van der Waals surface area contributed by atoms with Crippen LogP contribution in [-0.4, -0.2) is 4.98 Å². The average Bonchev–Trinajstić information content (AvgIpc) is 2.48. The minimum Gasteiger partial charge on any atom is -0.397 e. The molecule has 19 heavy (non-hydrogen) atoms. The van der Waals surface area contributed by atoms with Gasteiger partial charge in [-0.1, -0.05) is 36.4 Å². The predicted molar refractivity (Wildman–Crippen MR) is 82.2 cm³/mol. The highest BCUT2D eigenvalue weighted by Gasteiger charge is 2.05. The summed E-state index contributed by atoms with van der Waals surface area (Å²) in [6.45, 7) is 0. The van der Waals surface area contributed by atoms with E-state index in [0.29, 0.717) is 0 Å². The number of nitrogen functional groups attached to an aromatic ring is 1. The van der Waals surface area contributed by atoms with Gasteiger partial charge in [0.1, 0.15) is 0 Å². The van der Waals surface area contributed by atoms with Crippen molar-refractivity contribution in [3.05, 3.63) is 66.5 Å². The minimum absolute atomic E-state index is 0.848. The van der Waals surface area contributed by atoms with Crippen LogP contribution in [0.4, 0.5) is 5.69 Å². The number of benzene rings is 2. The lowest BCUT2D eigenvalue weighted by Gasteiger charge is -2.08. The summed E-state index contributed by atoms with van der Waals surface area (Å²) in [5.41, 5.74) is 8.39. The molecular formula is C16H14N2S. The Morgan fingerprint density at radius 1 is 1.00 bits per heavy atom. The predicted octanol–water partition coefficient (Wildman–Crippen LogP) is 4.11. The van der Waals surface area contributed by atoms with Crippen molar-refractivity contribution in [2.24, 2.45) is 0 Å². The Labute approximate surface area is 116 Å². The minimum atomic E-state index is 0.848. The van der Waals surface area contributed by atoms with Crippen LogP contribution in [0.25, 0.3) is 10.8 Å². The summed E-state index contributed by atoms with van der Waals surface area (Å²) < 4.78 is 0. The molecule has 0 saturated heterocycles. The standard InChI is InChI=1S/C16H14N2S/c17-16-14-8-9-18-10-13(14)6-7-15(16)19-11-12-4-2-1-3-5-12/h1-10H,11,17H2. The van der Waals surface area contributed by atoms with Crippen molar-refractivity contribution in [2.75, 3.05) is 5.73 Å². The second kappa shape index (κ2) is 5.33. The van der Waals surface area contributed by atoms with Gasteiger partial charge in [0.15, 0.2) is 0 Å². The molecule has 0 fully saturated rings.